The smallest absolute Gasteiger partial charge is 0.276 e. The molecule has 1 N–H and O–H groups in total. The molecule has 7 heteroatoms. The third-order valence-electron chi connectivity index (χ3n) is 5.32. The second-order valence-electron chi connectivity index (χ2n) is 7.41. The van der Waals surface area contributed by atoms with Crippen molar-refractivity contribution in [3.63, 3.8) is 0 Å². The Morgan fingerprint density at radius 3 is 2.45 bits per heavy atom. The van der Waals surface area contributed by atoms with E-state index in [1.54, 1.807) is 11.1 Å². The minimum Gasteiger partial charge on any atom is -0.502 e. The minimum atomic E-state index is -0.664. The molecule has 0 saturated carbocycles. The van der Waals surface area contributed by atoms with Gasteiger partial charge in [0.15, 0.2) is 11.4 Å². The summed E-state index contributed by atoms with van der Waals surface area (Å²) in [5.74, 6) is -1.18. The monoisotopic (exact) mass is 390 g/mol. The van der Waals surface area contributed by atoms with Crippen LogP contribution in [0.25, 0.3) is 0 Å². The van der Waals surface area contributed by atoms with E-state index in [0.717, 1.165) is 17.5 Å². The van der Waals surface area contributed by atoms with E-state index < -0.39 is 17.1 Å². The lowest BCUT2D eigenvalue weighted by molar-refractivity contribution is 0.0569. The van der Waals surface area contributed by atoms with Gasteiger partial charge >= 0.3 is 0 Å². The Balaban J connectivity index is 1.95. The second-order valence-corrected chi connectivity index (χ2v) is 7.41. The minimum absolute atomic E-state index is 0.0701. The van der Waals surface area contributed by atoms with Crippen molar-refractivity contribution in [1.29, 1.82) is 0 Å². The van der Waals surface area contributed by atoms with Crippen molar-refractivity contribution in [3.8, 4) is 5.75 Å². The molecule has 0 fully saturated rings. The molecule has 29 heavy (non-hydrogen) atoms. The number of carbonyl (C=O) groups is 1. The Hall–Kier alpha value is -3.48. The number of pyridine rings is 1. The highest BCUT2D eigenvalue weighted by Crippen LogP contribution is 2.38. The maximum absolute atomic E-state index is 13.0. The number of benzene rings is 1. The molecule has 1 aliphatic heterocycles. The third kappa shape index (κ3) is 3.29. The van der Waals surface area contributed by atoms with Crippen LogP contribution in [0, 0.1) is 0 Å². The summed E-state index contributed by atoms with van der Waals surface area (Å²) in [4.78, 5) is 31.3. The Bertz CT molecular complexity index is 1040. The van der Waals surface area contributed by atoms with Crippen molar-refractivity contribution in [2.24, 2.45) is 0 Å². The van der Waals surface area contributed by atoms with Crippen LogP contribution in [-0.4, -0.2) is 43.3 Å². The van der Waals surface area contributed by atoms with Gasteiger partial charge in [0.25, 0.3) is 5.91 Å². The zero-order chi connectivity index (χ0) is 20.5. The number of aromatic hydroxyl groups is 1. The number of amides is 1. The molecule has 3 heterocycles. The number of aromatic nitrogens is 3. The first-order valence-electron chi connectivity index (χ1n) is 9.56. The summed E-state index contributed by atoms with van der Waals surface area (Å²) >= 11 is 0. The second kappa shape index (κ2) is 7.50. The molecule has 1 aliphatic rings. The molecule has 1 aromatic carbocycles. The van der Waals surface area contributed by atoms with Crippen molar-refractivity contribution >= 4 is 5.91 Å². The Labute approximate surface area is 168 Å². The van der Waals surface area contributed by atoms with E-state index in [2.05, 4.69) is 10.1 Å². The van der Waals surface area contributed by atoms with Gasteiger partial charge in [0.2, 0.25) is 5.43 Å². The van der Waals surface area contributed by atoms with Crippen LogP contribution < -0.4 is 5.43 Å². The normalized spacial score (nSPS) is 17.3. The summed E-state index contributed by atoms with van der Waals surface area (Å²) < 4.78 is 1.49. The maximum Gasteiger partial charge on any atom is 0.276 e. The number of hydrogen-bond acceptors (Lipinski definition) is 5. The van der Waals surface area contributed by atoms with Crippen LogP contribution in [0.5, 0.6) is 5.75 Å². The number of carbonyl (C=O) groups excluding carboxylic acids is 1. The zero-order valence-corrected chi connectivity index (χ0v) is 16.3. The highest BCUT2D eigenvalue weighted by atomic mass is 16.3. The first kappa shape index (κ1) is 18.9. The van der Waals surface area contributed by atoms with Gasteiger partial charge in [0.05, 0.1) is 23.9 Å². The summed E-state index contributed by atoms with van der Waals surface area (Å²) in [6.45, 7) is 4.21. The van der Waals surface area contributed by atoms with Gasteiger partial charge in [-0.2, -0.15) is 5.10 Å². The number of fused-ring (bicyclic) bond motifs is 1. The Morgan fingerprint density at radius 2 is 1.79 bits per heavy atom. The van der Waals surface area contributed by atoms with Crippen LogP contribution in [-0.2, 0) is 0 Å². The first-order chi connectivity index (χ1) is 14.0. The topological polar surface area (TPSA) is 88.3 Å². The van der Waals surface area contributed by atoms with Gasteiger partial charge in [0, 0.05) is 18.8 Å². The lowest BCUT2D eigenvalue weighted by Gasteiger charge is -2.40. The molecule has 0 bridgehead atoms. The highest BCUT2D eigenvalue weighted by Gasteiger charge is 2.40. The van der Waals surface area contributed by atoms with Crippen LogP contribution in [0.3, 0.4) is 0 Å². The summed E-state index contributed by atoms with van der Waals surface area (Å²) in [5.41, 5.74) is 1.11. The quantitative estimate of drug-likeness (QED) is 0.740. The number of nitrogens with zero attached hydrogens (tertiary/aromatic N) is 4. The van der Waals surface area contributed by atoms with Crippen molar-refractivity contribution in [3.05, 3.63) is 88.1 Å². The third-order valence-corrected chi connectivity index (χ3v) is 5.32. The van der Waals surface area contributed by atoms with Crippen molar-refractivity contribution in [2.45, 2.75) is 31.8 Å². The van der Waals surface area contributed by atoms with Crippen LogP contribution in [0.1, 0.15) is 47.6 Å². The molecule has 0 radical (unpaired) electrons. The van der Waals surface area contributed by atoms with E-state index in [-0.39, 0.29) is 23.7 Å². The highest BCUT2D eigenvalue weighted by molar-refractivity contribution is 5.96. The van der Waals surface area contributed by atoms with Crippen LogP contribution in [0.4, 0.5) is 0 Å². The molecule has 0 unspecified atom stereocenters. The zero-order valence-electron chi connectivity index (χ0n) is 16.3. The molecule has 4 rings (SSSR count). The average Bonchev–Trinajstić information content (AvgIpc) is 2.73. The molecule has 7 nitrogen and oxygen atoms in total. The van der Waals surface area contributed by atoms with Crippen molar-refractivity contribution < 1.29 is 9.90 Å². The fraction of sp³-hybridized carbons (Fsp3) is 0.273. The molecule has 0 aliphatic carbocycles. The fourth-order valence-electron chi connectivity index (χ4n) is 3.91. The van der Waals surface area contributed by atoms with E-state index in [4.69, 9.17) is 0 Å². The van der Waals surface area contributed by atoms with Crippen LogP contribution in [0.15, 0.2) is 65.7 Å². The predicted octanol–water partition coefficient (Wildman–Crippen LogP) is 2.58. The largest absolute Gasteiger partial charge is 0.502 e. The van der Waals surface area contributed by atoms with E-state index in [0.29, 0.717) is 6.54 Å². The van der Waals surface area contributed by atoms with Crippen LogP contribution in [0.2, 0.25) is 0 Å². The molecule has 1 amide bonds. The van der Waals surface area contributed by atoms with Crippen LogP contribution >= 0.6 is 0 Å². The average molecular weight is 390 g/mol. The van der Waals surface area contributed by atoms with E-state index >= 15 is 0 Å². The number of rotatable bonds is 4. The molecule has 2 aromatic heterocycles. The predicted molar refractivity (Wildman–Crippen MR) is 108 cm³/mol. The molecular formula is C22H22N4O3. The molecule has 3 aromatic rings. The van der Waals surface area contributed by atoms with Gasteiger partial charge < -0.3 is 10.0 Å². The fourth-order valence-corrected chi connectivity index (χ4v) is 3.91. The Morgan fingerprint density at radius 1 is 1.07 bits per heavy atom. The standard InChI is InChI=1S/C22H22N4O3/c1-14(2)25-13-17(26-20(22(25)29)21(28)18(27)12-24-26)19(15-8-4-3-5-9-15)16-10-6-7-11-23-16/h3-12,14,17,19,28H,13H2,1-2H3/t17-,19-/m0/s1. The molecule has 148 valence electrons. The number of hydrogen-bond donors (Lipinski definition) is 1. The van der Waals surface area contributed by atoms with Gasteiger partial charge in [-0.05, 0) is 31.5 Å². The SMILES string of the molecule is CC(C)N1C[C@@H]([C@@H](c2ccccc2)c2ccccn2)n2ncc(=O)c(O)c2C1=O. The van der Waals surface area contributed by atoms with Gasteiger partial charge in [-0.3, -0.25) is 19.3 Å². The maximum atomic E-state index is 13.0. The Kier molecular flexibility index (Phi) is 4.88. The summed E-state index contributed by atoms with van der Waals surface area (Å²) in [7, 11) is 0. The summed E-state index contributed by atoms with van der Waals surface area (Å²) in [5, 5.41) is 14.7. The van der Waals surface area contributed by atoms with E-state index in [1.807, 2.05) is 62.4 Å². The van der Waals surface area contributed by atoms with Gasteiger partial charge in [-0.1, -0.05) is 36.4 Å². The van der Waals surface area contributed by atoms with E-state index in [9.17, 15) is 14.7 Å². The molecular weight excluding hydrogens is 368 g/mol. The molecule has 2 atom stereocenters. The van der Waals surface area contributed by atoms with Crippen molar-refractivity contribution in [1.82, 2.24) is 19.7 Å². The summed E-state index contributed by atoms with van der Waals surface area (Å²) in [6, 6.07) is 15.1. The van der Waals surface area contributed by atoms with Gasteiger partial charge in [-0.15, -0.1) is 0 Å². The summed E-state index contributed by atoms with van der Waals surface area (Å²) in [6.07, 6.45) is 2.79. The molecule has 0 spiro atoms. The first-order valence-corrected chi connectivity index (χ1v) is 9.56. The molecule has 0 saturated heterocycles. The van der Waals surface area contributed by atoms with Gasteiger partial charge in [-0.25, -0.2) is 0 Å². The lowest BCUT2D eigenvalue weighted by Crippen LogP contribution is -2.49. The van der Waals surface area contributed by atoms with Gasteiger partial charge in [0.1, 0.15) is 0 Å². The van der Waals surface area contributed by atoms with Crippen molar-refractivity contribution in [2.75, 3.05) is 6.54 Å². The van der Waals surface area contributed by atoms with E-state index in [1.165, 1.54) is 4.68 Å². The lowest BCUT2D eigenvalue weighted by atomic mass is 9.86.